The van der Waals surface area contributed by atoms with Crippen LogP contribution >= 0.6 is 22.6 Å². The highest BCUT2D eigenvalue weighted by Crippen LogP contribution is 2.16. The number of hydrogen-bond acceptors (Lipinski definition) is 2. The van der Waals surface area contributed by atoms with Crippen LogP contribution in [0, 0.1) is 3.57 Å². The predicted molar refractivity (Wildman–Crippen MR) is 73.0 cm³/mol. The summed E-state index contributed by atoms with van der Waals surface area (Å²) in [6.07, 6.45) is 0. The molecule has 0 aliphatic rings. The van der Waals surface area contributed by atoms with Crippen LogP contribution in [0.4, 0.5) is 0 Å². The van der Waals surface area contributed by atoms with Gasteiger partial charge >= 0.3 is 0 Å². The van der Waals surface area contributed by atoms with Crippen LogP contribution in [-0.4, -0.2) is 10.9 Å². The van der Waals surface area contributed by atoms with E-state index in [9.17, 15) is 0 Å². The van der Waals surface area contributed by atoms with Crippen LogP contribution in [0.1, 0.15) is 11.1 Å². The Kier molecular flexibility index (Phi) is 3.56. The van der Waals surface area contributed by atoms with Gasteiger partial charge in [-0.15, -0.1) is 0 Å². The number of benzene rings is 2. The van der Waals surface area contributed by atoms with Crippen LogP contribution in [0.25, 0.3) is 0 Å². The summed E-state index contributed by atoms with van der Waals surface area (Å²) in [5.74, 6) is 0. The molecule has 0 aliphatic heterocycles. The van der Waals surface area contributed by atoms with Gasteiger partial charge in [-0.2, -0.15) is 0 Å². The molecule has 2 aromatic rings. The van der Waals surface area contributed by atoms with E-state index in [1.54, 1.807) is 0 Å². The molecule has 0 bridgehead atoms. The van der Waals surface area contributed by atoms with Crippen molar-refractivity contribution in [3.05, 3.63) is 69.3 Å². The maximum absolute atomic E-state index is 9.14. The fraction of sp³-hybridized carbons (Fsp3) is 0. The maximum atomic E-state index is 9.14. The van der Waals surface area contributed by atoms with Crippen molar-refractivity contribution in [2.45, 2.75) is 0 Å². The number of oxime groups is 1. The topological polar surface area (TPSA) is 32.6 Å². The van der Waals surface area contributed by atoms with Crippen molar-refractivity contribution in [2.75, 3.05) is 0 Å². The Morgan fingerprint density at radius 3 is 2.19 bits per heavy atom. The lowest BCUT2D eigenvalue weighted by molar-refractivity contribution is 0.319. The minimum absolute atomic E-state index is 0.602. The molecule has 2 rings (SSSR count). The molecule has 3 heteroatoms. The van der Waals surface area contributed by atoms with Crippen molar-refractivity contribution in [3.8, 4) is 0 Å². The molecular formula is C13H10INO. The Morgan fingerprint density at radius 1 is 0.938 bits per heavy atom. The van der Waals surface area contributed by atoms with Crippen molar-refractivity contribution in [1.29, 1.82) is 0 Å². The molecule has 1 N–H and O–H groups in total. The zero-order chi connectivity index (χ0) is 11.4. The summed E-state index contributed by atoms with van der Waals surface area (Å²) in [5, 5.41) is 12.5. The number of halogens is 1. The number of nitrogens with zero attached hydrogens (tertiary/aromatic N) is 1. The highest BCUT2D eigenvalue weighted by molar-refractivity contribution is 14.1. The molecule has 0 saturated carbocycles. The fourth-order valence-electron chi connectivity index (χ4n) is 1.52. The van der Waals surface area contributed by atoms with Crippen LogP contribution in [-0.2, 0) is 0 Å². The zero-order valence-corrected chi connectivity index (χ0v) is 10.6. The van der Waals surface area contributed by atoms with Gasteiger partial charge in [0.2, 0.25) is 0 Å². The average Bonchev–Trinajstić information content (AvgIpc) is 2.34. The van der Waals surface area contributed by atoms with Crippen LogP contribution in [0.3, 0.4) is 0 Å². The minimum atomic E-state index is 0.602. The molecule has 0 radical (unpaired) electrons. The van der Waals surface area contributed by atoms with E-state index >= 15 is 0 Å². The molecule has 0 aromatic heterocycles. The molecule has 16 heavy (non-hydrogen) atoms. The summed E-state index contributed by atoms with van der Waals surface area (Å²) in [4.78, 5) is 0. The van der Waals surface area contributed by atoms with Gasteiger partial charge in [0.15, 0.2) is 0 Å². The molecular weight excluding hydrogens is 313 g/mol. The third-order valence-corrected chi connectivity index (χ3v) is 3.22. The zero-order valence-electron chi connectivity index (χ0n) is 8.47. The third kappa shape index (κ3) is 2.24. The Bertz CT molecular complexity index is 508. The van der Waals surface area contributed by atoms with Gasteiger partial charge in [-0.05, 0) is 28.7 Å². The number of rotatable bonds is 2. The second-order valence-electron chi connectivity index (χ2n) is 3.29. The van der Waals surface area contributed by atoms with E-state index in [0.29, 0.717) is 5.71 Å². The third-order valence-electron chi connectivity index (χ3n) is 2.28. The van der Waals surface area contributed by atoms with E-state index in [1.165, 1.54) is 0 Å². The number of hydrogen-bond donors (Lipinski definition) is 1. The lowest BCUT2D eigenvalue weighted by Crippen LogP contribution is -2.05. The molecule has 0 atom stereocenters. The standard InChI is InChI=1S/C13H10INO/c14-12-9-5-4-8-11(12)13(15-16)10-6-2-1-3-7-10/h1-9,16H/b15-13+. The highest BCUT2D eigenvalue weighted by Gasteiger charge is 2.09. The summed E-state index contributed by atoms with van der Waals surface area (Å²) in [6.45, 7) is 0. The van der Waals surface area contributed by atoms with E-state index in [-0.39, 0.29) is 0 Å². The first-order valence-electron chi connectivity index (χ1n) is 4.85. The summed E-state index contributed by atoms with van der Waals surface area (Å²) in [6, 6.07) is 17.5. The maximum Gasteiger partial charge on any atom is 0.118 e. The quantitative estimate of drug-likeness (QED) is 0.390. The SMILES string of the molecule is O/N=C(\c1ccccc1)c1ccccc1I. The Hall–Kier alpha value is -1.36. The van der Waals surface area contributed by atoms with Gasteiger partial charge in [0, 0.05) is 14.7 Å². The largest absolute Gasteiger partial charge is 0.410 e. The molecule has 2 aromatic carbocycles. The lowest BCUT2D eigenvalue weighted by Gasteiger charge is -2.06. The second-order valence-corrected chi connectivity index (χ2v) is 4.46. The monoisotopic (exact) mass is 323 g/mol. The molecule has 0 spiro atoms. The molecule has 0 fully saturated rings. The molecule has 0 saturated heterocycles. The smallest absolute Gasteiger partial charge is 0.118 e. The van der Waals surface area contributed by atoms with Crippen molar-refractivity contribution < 1.29 is 5.21 Å². The second kappa shape index (κ2) is 5.12. The van der Waals surface area contributed by atoms with Crippen LogP contribution in [0.15, 0.2) is 59.8 Å². The Morgan fingerprint density at radius 2 is 1.56 bits per heavy atom. The van der Waals surface area contributed by atoms with E-state index in [0.717, 1.165) is 14.7 Å². The fourth-order valence-corrected chi connectivity index (χ4v) is 2.16. The van der Waals surface area contributed by atoms with E-state index in [1.807, 2.05) is 54.6 Å². The van der Waals surface area contributed by atoms with Crippen molar-refractivity contribution in [1.82, 2.24) is 0 Å². The molecule has 80 valence electrons. The summed E-state index contributed by atoms with van der Waals surface area (Å²) < 4.78 is 1.07. The van der Waals surface area contributed by atoms with Crippen LogP contribution in [0.2, 0.25) is 0 Å². The molecule has 0 heterocycles. The van der Waals surface area contributed by atoms with Crippen LogP contribution in [0.5, 0.6) is 0 Å². The van der Waals surface area contributed by atoms with Crippen LogP contribution < -0.4 is 0 Å². The Balaban J connectivity index is 2.51. The van der Waals surface area contributed by atoms with Gasteiger partial charge < -0.3 is 5.21 Å². The van der Waals surface area contributed by atoms with Gasteiger partial charge in [-0.3, -0.25) is 0 Å². The highest BCUT2D eigenvalue weighted by atomic mass is 127. The van der Waals surface area contributed by atoms with Gasteiger partial charge in [0.05, 0.1) is 0 Å². The first-order valence-corrected chi connectivity index (χ1v) is 5.93. The predicted octanol–water partition coefficient (Wildman–Crippen LogP) is 3.52. The lowest BCUT2D eigenvalue weighted by atomic mass is 10.0. The summed E-state index contributed by atoms with van der Waals surface area (Å²) >= 11 is 2.23. The molecule has 2 nitrogen and oxygen atoms in total. The minimum Gasteiger partial charge on any atom is -0.410 e. The van der Waals surface area contributed by atoms with E-state index in [4.69, 9.17) is 5.21 Å². The Labute approximate surface area is 108 Å². The first-order chi connectivity index (χ1) is 7.83. The van der Waals surface area contributed by atoms with Gasteiger partial charge in [-0.1, -0.05) is 53.7 Å². The van der Waals surface area contributed by atoms with E-state index < -0.39 is 0 Å². The van der Waals surface area contributed by atoms with Gasteiger partial charge in [0.25, 0.3) is 0 Å². The average molecular weight is 323 g/mol. The van der Waals surface area contributed by atoms with Crippen molar-refractivity contribution in [3.63, 3.8) is 0 Å². The van der Waals surface area contributed by atoms with Crippen molar-refractivity contribution >= 4 is 28.3 Å². The van der Waals surface area contributed by atoms with Gasteiger partial charge in [0.1, 0.15) is 5.71 Å². The molecule has 0 aliphatic carbocycles. The normalized spacial score (nSPS) is 11.4. The molecule has 0 amide bonds. The summed E-state index contributed by atoms with van der Waals surface area (Å²) in [5.41, 5.74) is 2.46. The summed E-state index contributed by atoms with van der Waals surface area (Å²) in [7, 11) is 0. The van der Waals surface area contributed by atoms with Gasteiger partial charge in [-0.25, -0.2) is 0 Å². The van der Waals surface area contributed by atoms with E-state index in [2.05, 4.69) is 27.7 Å². The van der Waals surface area contributed by atoms with Crippen molar-refractivity contribution in [2.24, 2.45) is 5.16 Å². The molecule has 0 unspecified atom stereocenters. The first kappa shape index (κ1) is 11.1.